The van der Waals surface area contributed by atoms with E-state index in [2.05, 4.69) is 16.2 Å². The molecule has 3 N–H and O–H groups in total. The van der Waals surface area contributed by atoms with Crippen molar-refractivity contribution in [1.82, 2.24) is 10.9 Å². The highest BCUT2D eigenvalue weighted by molar-refractivity contribution is 6.37. The lowest BCUT2D eigenvalue weighted by atomic mass is 10.1. The minimum Gasteiger partial charge on any atom is -0.322 e. The summed E-state index contributed by atoms with van der Waals surface area (Å²) < 4.78 is 0. The van der Waals surface area contributed by atoms with Gasteiger partial charge in [0.05, 0.1) is 17.0 Å². The van der Waals surface area contributed by atoms with Crippen LogP contribution in [0, 0.1) is 0 Å². The molecule has 0 saturated carbocycles. The van der Waals surface area contributed by atoms with Gasteiger partial charge in [0, 0.05) is 16.3 Å². The molecule has 0 aliphatic heterocycles. The fourth-order valence-electron chi connectivity index (χ4n) is 2.60. The summed E-state index contributed by atoms with van der Waals surface area (Å²) in [6, 6.07) is 20.0. The predicted molar refractivity (Wildman–Crippen MR) is 117 cm³/mol. The van der Waals surface area contributed by atoms with Gasteiger partial charge in [-0.3, -0.25) is 25.2 Å². The molecule has 3 aromatic carbocycles. The van der Waals surface area contributed by atoms with Gasteiger partial charge >= 0.3 is 0 Å². The summed E-state index contributed by atoms with van der Waals surface area (Å²) in [6.07, 6.45) is 0.152. The van der Waals surface area contributed by atoms with Gasteiger partial charge in [0.15, 0.2) is 0 Å². The fourth-order valence-corrected chi connectivity index (χ4v) is 3.10. The number of hydrazine groups is 1. The van der Waals surface area contributed by atoms with E-state index >= 15 is 0 Å². The third kappa shape index (κ3) is 5.83. The number of halogens is 2. The maximum atomic E-state index is 12.3. The van der Waals surface area contributed by atoms with Crippen LogP contribution in [0.3, 0.4) is 0 Å². The molecule has 0 atom stereocenters. The molecule has 0 heterocycles. The number of nitrogens with one attached hydrogen (secondary N) is 3. The lowest BCUT2D eigenvalue weighted by Crippen LogP contribution is -2.42. The second-order valence-electron chi connectivity index (χ2n) is 6.32. The third-order valence-corrected chi connectivity index (χ3v) is 4.65. The summed E-state index contributed by atoms with van der Waals surface area (Å²) in [5.74, 6) is -1.21. The zero-order chi connectivity index (χ0) is 21.5. The average molecular weight is 442 g/mol. The minimum atomic E-state index is -0.477. The van der Waals surface area contributed by atoms with E-state index < -0.39 is 11.8 Å². The van der Waals surface area contributed by atoms with Gasteiger partial charge in [0.25, 0.3) is 11.8 Å². The van der Waals surface area contributed by atoms with Crippen LogP contribution < -0.4 is 16.2 Å². The number of amides is 3. The van der Waals surface area contributed by atoms with Crippen molar-refractivity contribution >= 4 is 46.6 Å². The molecule has 0 aromatic heterocycles. The van der Waals surface area contributed by atoms with E-state index in [4.69, 9.17) is 23.2 Å². The van der Waals surface area contributed by atoms with Crippen LogP contribution >= 0.6 is 23.2 Å². The predicted octanol–water partition coefficient (Wildman–Crippen LogP) is 4.25. The van der Waals surface area contributed by atoms with Crippen molar-refractivity contribution in [3.63, 3.8) is 0 Å². The number of hydrogen-bond acceptors (Lipinski definition) is 3. The number of rotatable bonds is 5. The first kappa shape index (κ1) is 21.4. The van der Waals surface area contributed by atoms with E-state index in [1.54, 1.807) is 18.2 Å². The van der Waals surface area contributed by atoms with Crippen molar-refractivity contribution < 1.29 is 14.4 Å². The van der Waals surface area contributed by atoms with Crippen LogP contribution in [-0.4, -0.2) is 17.7 Å². The molecule has 3 amide bonds. The zero-order valence-corrected chi connectivity index (χ0v) is 17.1. The maximum Gasteiger partial charge on any atom is 0.269 e. The van der Waals surface area contributed by atoms with Gasteiger partial charge in [-0.25, -0.2) is 0 Å². The number of carbonyl (C=O) groups is 3. The quantitative estimate of drug-likeness (QED) is 0.517. The van der Waals surface area contributed by atoms with E-state index in [9.17, 15) is 14.4 Å². The van der Waals surface area contributed by atoms with Crippen molar-refractivity contribution in [2.75, 3.05) is 5.32 Å². The Labute approximate surface area is 183 Å². The van der Waals surface area contributed by atoms with Gasteiger partial charge in [0.1, 0.15) is 0 Å². The molecule has 0 spiro atoms. The number of carbonyl (C=O) groups excluding carboxylic acids is 3. The van der Waals surface area contributed by atoms with Gasteiger partial charge in [-0.1, -0.05) is 53.5 Å². The van der Waals surface area contributed by atoms with Crippen LogP contribution in [0.25, 0.3) is 0 Å². The summed E-state index contributed by atoms with van der Waals surface area (Å²) in [4.78, 5) is 36.4. The molecular weight excluding hydrogens is 425 g/mol. The lowest BCUT2D eigenvalue weighted by Gasteiger charge is -2.09. The standard InChI is InChI=1S/C22H17Cl2N3O3/c23-16-8-11-18(19(24)13-16)22(30)25-17-9-6-15(7-10-17)21(29)27-26-20(28)12-14-4-2-1-3-5-14/h1-11,13H,12H2,(H,25,30)(H,26,28)(H,27,29). The summed E-state index contributed by atoms with van der Waals surface area (Å²) >= 11 is 11.9. The van der Waals surface area contributed by atoms with E-state index in [0.717, 1.165) is 5.56 Å². The highest BCUT2D eigenvalue weighted by Gasteiger charge is 2.12. The van der Waals surface area contributed by atoms with Crippen LogP contribution in [0.2, 0.25) is 10.0 Å². The first-order valence-electron chi connectivity index (χ1n) is 8.92. The third-order valence-electron chi connectivity index (χ3n) is 4.10. The van der Waals surface area contributed by atoms with Gasteiger partial charge in [-0.05, 0) is 48.0 Å². The minimum absolute atomic E-state index is 0.152. The van der Waals surface area contributed by atoms with Crippen LogP contribution in [0.4, 0.5) is 5.69 Å². The van der Waals surface area contributed by atoms with Crippen molar-refractivity contribution in [3.8, 4) is 0 Å². The summed E-state index contributed by atoms with van der Waals surface area (Å²) in [7, 11) is 0. The Kier molecular flexibility index (Phi) is 7.06. The molecule has 0 aliphatic rings. The van der Waals surface area contributed by atoms with Crippen LogP contribution in [0.1, 0.15) is 26.3 Å². The maximum absolute atomic E-state index is 12.3. The molecule has 0 aliphatic carbocycles. The van der Waals surface area contributed by atoms with Crippen molar-refractivity contribution in [3.05, 3.63) is 99.5 Å². The van der Waals surface area contributed by atoms with E-state index in [1.165, 1.54) is 24.3 Å². The Morgan fingerprint density at radius 2 is 1.47 bits per heavy atom. The van der Waals surface area contributed by atoms with Crippen molar-refractivity contribution in [2.24, 2.45) is 0 Å². The molecule has 0 bridgehead atoms. The number of hydrogen-bond donors (Lipinski definition) is 3. The van der Waals surface area contributed by atoms with Gasteiger partial charge in [-0.15, -0.1) is 0 Å². The summed E-state index contributed by atoms with van der Waals surface area (Å²) in [6.45, 7) is 0. The summed E-state index contributed by atoms with van der Waals surface area (Å²) in [5, 5.41) is 3.37. The SMILES string of the molecule is O=C(Cc1ccccc1)NNC(=O)c1ccc(NC(=O)c2ccc(Cl)cc2Cl)cc1. The largest absolute Gasteiger partial charge is 0.322 e. The molecule has 6 nitrogen and oxygen atoms in total. The van der Waals surface area contributed by atoms with Crippen molar-refractivity contribution in [2.45, 2.75) is 6.42 Å². The Morgan fingerprint density at radius 3 is 2.13 bits per heavy atom. The fraction of sp³-hybridized carbons (Fsp3) is 0.0455. The number of anilines is 1. The first-order chi connectivity index (χ1) is 14.4. The Hall–Kier alpha value is -3.35. The molecule has 3 aromatic rings. The summed E-state index contributed by atoms with van der Waals surface area (Å²) in [5.41, 5.74) is 6.66. The smallest absolute Gasteiger partial charge is 0.269 e. The Balaban J connectivity index is 1.53. The lowest BCUT2D eigenvalue weighted by molar-refractivity contribution is -0.121. The van der Waals surface area contributed by atoms with Crippen LogP contribution in [0.15, 0.2) is 72.8 Å². The first-order valence-corrected chi connectivity index (χ1v) is 9.67. The number of benzene rings is 3. The van der Waals surface area contributed by atoms with Gasteiger partial charge < -0.3 is 5.32 Å². The van der Waals surface area contributed by atoms with E-state index in [0.29, 0.717) is 16.3 Å². The van der Waals surface area contributed by atoms with Crippen molar-refractivity contribution in [1.29, 1.82) is 0 Å². The molecule has 3 rings (SSSR count). The Morgan fingerprint density at radius 1 is 0.767 bits per heavy atom. The molecule has 0 saturated heterocycles. The van der Waals surface area contributed by atoms with Crippen LogP contribution in [-0.2, 0) is 11.2 Å². The molecular formula is C22H17Cl2N3O3. The highest BCUT2D eigenvalue weighted by Crippen LogP contribution is 2.22. The normalized spacial score (nSPS) is 10.2. The zero-order valence-electron chi connectivity index (χ0n) is 15.6. The molecule has 0 fully saturated rings. The van der Waals surface area contributed by atoms with E-state index in [1.807, 2.05) is 30.3 Å². The van der Waals surface area contributed by atoms with Crippen LogP contribution in [0.5, 0.6) is 0 Å². The Bertz CT molecular complexity index is 1070. The monoisotopic (exact) mass is 441 g/mol. The highest BCUT2D eigenvalue weighted by atomic mass is 35.5. The average Bonchev–Trinajstić information content (AvgIpc) is 2.73. The van der Waals surface area contributed by atoms with E-state index in [-0.39, 0.29) is 22.9 Å². The topological polar surface area (TPSA) is 87.3 Å². The van der Waals surface area contributed by atoms with Gasteiger partial charge in [-0.2, -0.15) is 0 Å². The molecule has 0 radical (unpaired) electrons. The second-order valence-corrected chi connectivity index (χ2v) is 7.16. The molecule has 0 unspecified atom stereocenters. The molecule has 152 valence electrons. The molecule has 30 heavy (non-hydrogen) atoms. The second kappa shape index (κ2) is 9.91. The van der Waals surface area contributed by atoms with Gasteiger partial charge in [0.2, 0.25) is 5.91 Å². The molecule has 8 heteroatoms.